The molecule has 0 saturated heterocycles. The third-order valence-corrected chi connectivity index (χ3v) is 4.34. The molecule has 3 unspecified atom stereocenters. The monoisotopic (exact) mass is 342 g/mol. The van der Waals surface area contributed by atoms with Gasteiger partial charge >= 0.3 is 12.1 Å². The Hall–Kier alpha value is -1.30. The molecular formula is C18H34N2O4. The minimum atomic E-state index is -0.491. The highest BCUT2D eigenvalue weighted by Crippen LogP contribution is 2.25. The topological polar surface area (TPSA) is 67.9 Å². The Morgan fingerprint density at radius 2 is 1.96 bits per heavy atom. The molecule has 1 rings (SSSR count). The molecule has 24 heavy (non-hydrogen) atoms. The zero-order valence-corrected chi connectivity index (χ0v) is 16.1. The van der Waals surface area contributed by atoms with Crippen molar-refractivity contribution in [1.82, 2.24) is 10.2 Å². The first-order valence-electron chi connectivity index (χ1n) is 8.99. The van der Waals surface area contributed by atoms with E-state index in [1.165, 1.54) is 0 Å². The fourth-order valence-electron chi connectivity index (χ4n) is 2.84. The highest BCUT2D eigenvalue weighted by Gasteiger charge is 2.29. The minimum absolute atomic E-state index is 0.00454. The first-order chi connectivity index (χ1) is 11.1. The summed E-state index contributed by atoms with van der Waals surface area (Å²) in [4.78, 5) is 25.6. The molecule has 0 aromatic rings. The lowest BCUT2D eigenvalue weighted by Crippen LogP contribution is -2.47. The van der Waals surface area contributed by atoms with Gasteiger partial charge in [-0.1, -0.05) is 6.42 Å². The Morgan fingerprint density at radius 1 is 1.29 bits per heavy atom. The second kappa shape index (κ2) is 9.25. The van der Waals surface area contributed by atoms with Crippen LogP contribution in [0, 0.1) is 5.92 Å². The molecule has 6 nitrogen and oxygen atoms in total. The van der Waals surface area contributed by atoms with Gasteiger partial charge in [0.1, 0.15) is 5.60 Å². The molecule has 1 aliphatic rings. The predicted octanol–water partition coefficient (Wildman–Crippen LogP) is 2.95. The lowest BCUT2D eigenvalue weighted by Gasteiger charge is -2.32. The Morgan fingerprint density at radius 3 is 2.54 bits per heavy atom. The Labute approximate surface area is 146 Å². The van der Waals surface area contributed by atoms with E-state index < -0.39 is 5.60 Å². The summed E-state index contributed by atoms with van der Waals surface area (Å²) in [5.74, 6) is -0.0852. The fraction of sp³-hybridized carbons (Fsp3) is 0.889. The molecule has 0 aromatic heterocycles. The fourth-order valence-corrected chi connectivity index (χ4v) is 2.84. The van der Waals surface area contributed by atoms with Crippen molar-refractivity contribution in [2.24, 2.45) is 5.92 Å². The van der Waals surface area contributed by atoms with Gasteiger partial charge in [-0.3, -0.25) is 4.79 Å². The van der Waals surface area contributed by atoms with E-state index in [0.29, 0.717) is 19.2 Å². The summed E-state index contributed by atoms with van der Waals surface area (Å²) in [5.41, 5.74) is -0.491. The molecule has 0 aliphatic heterocycles. The molecule has 1 amide bonds. The lowest BCUT2D eigenvalue weighted by atomic mass is 9.85. The Balaban J connectivity index is 2.41. The van der Waals surface area contributed by atoms with Crippen LogP contribution >= 0.6 is 0 Å². The van der Waals surface area contributed by atoms with E-state index in [2.05, 4.69) is 5.32 Å². The number of amides is 1. The van der Waals surface area contributed by atoms with Gasteiger partial charge < -0.3 is 19.7 Å². The number of ether oxygens (including phenoxy) is 2. The van der Waals surface area contributed by atoms with Crippen molar-refractivity contribution < 1.29 is 19.1 Å². The number of hydrogen-bond acceptors (Lipinski definition) is 5. The van der Waals surface area contributed by atoms with Crippen LogP contribution in [0.1, 0.15) is 60.3 Å². The average Bonchev–Trinajstić information content (AvgIpc) is 2.50. The average molecular weight is 342 g/mol. The largest absolute Gasteiger partial charge is 0.466 e. The molecule has 1 saturated carbocycles. The number of rotatable bonds is 6. The minimum Gasteiger partial charge on any atom is -0.466 e. The van der Waals surface area contributed by atoms with E-state index in [9.17, 15) is 9.59 Å². The summed E-state index contributed by atoms with van der Waals surface area (Å²) in [6.45, 7) is 10.5. The van der Waals surface area contributed by atoms with E-state index in [4.69, 9.17) is 9.47 Å². The van der Waals surface area contributed by atoms with Crippen molar-refractivity contribution in [3.63, 3.8) is 0 Å². The maximum atomic E-state index is 12.1. The zero-order valence-electron chi connectivity index (χ0n) is 16.1. The van der Waals surface area contributed by atoms with Crippen molar-refractivity contribution in [2.75, 3.05) is 20.2 Å². The standard InChI is InChI=1S/C18H34N2O4/c1-7-23-16(21)14-9-8-10-15(11-14)19-12-13(2)20(6)17(22)24-18(3,4)5/h13-15,19H,7-12H2,1-6H3. The van der Waals surface area contributed by atoms with Crippen molar-refractivity contribution in [3.05, 3.63) is 0 Å². The van der Waals surface area contributed by atoms with E-state index >= 15 is 0 Å². The van der Waals surface area contributed by atoms with Crippen LogP contribution in [0.25, 0.3) is 0 Å². The Kier molecular flexibility index (Phi) is 8.00. The van der Waals surface area contributed by atoms with Gasteiger partial charge in [0.2, 0.25) is 0 Å². The summed E-state index contributed by atoms with van der Waals surface area (Å²) in [5, 5.41) is 3.49. The van der Waals surface area contributed by atoms with Gasteiger partial charge in [-0.25, -0.2) is 4.79 Å². The molecule has 3 atom stereocenters. The Bertz CT molecular complexity index is 420. The van der Waals surface area contributed by atoms with Crippen LogP contribution in [-0.4, -0.2) is 54.8 Å². The number of carbonyl (C=O) groups excluding carboxylic acids is 2. The maximum absolute atomic E-state index is 12.1. The van der Waals surface area contributed by atoms with Crippen LogP contribution in [0.4, 0.5) is 4.79 Å². The molecular weight excluding hydrogens is 308 g/mol. The van der Waals surface area contributed by atoms with Gasteiger partial charge in [-0.05, 0) is 53.9 Å². The van der Waals surface area contributed by atoms with Crippen LogP contribution < -0.4 is 5.32 Å². The van der Waals surface area contributed by atoms with Gasteiger partial charge in [0, 0.05) is 25.7 Å². The van der Waals surface area contributed by atoms with Gasteiger partial charge in [0.05, 0.1) is 12.5 Å². The summed E-state index contributed by atoms with van der Waals surface area (Å²) < 4.78 is 10.5. The van der Waals surface area contributed by atoms with Crippen LogP contribution in [0.15, 0.2) is 0 Å². The molecule has 1 N–H and O–H groups in total. The van der Waals surface area contributed by atoms with Crippen LogP contribution in [0.5, 0.6) is 0 Å². The SMILES string of the molecule is CCOC(=O)C1CCCC(NCC(C)N(C)C(=O)OC(C)(C)C)C1. The smallest absolute Gasteiger partial charge is 0.410 e. The second-order valence-corrected chi connectivity index (χ2v) is 7.66. The summed E-state index contributed by atoms with van der Waals surface area (Å²) >= 11 is 0. The normalized spacial score (nSPS) is 22.6. The molecule has 0 aromatic carbocycles. The molecule has 1 fully saturated rings. The number of esters is 1. The molecule has 0 heterocycles. The van der Waals surface area contributed by atoms with Gasteiger partial charge in [-0.2, -0.15) is 0 Å². The number of carbonyl (C=O) groups is 2. The van der Waals surface area contributed by atoms with Crippen LogP contribution in [-0.2, 0) is 14.3 Å². The van der Waals surface area contributed by atoms with Gasteiger partial charge in [0.25, 0.3) is 0 Å². The first-order valence-corrected chi connectivity index (χ1v) is 8.99. The van der Waals surface area contributed by atoms with E-state index in [1.807, 2.05) is 34.6 Å². The van der Waals surface area contributed by atoms with E-state index in [1.54, 1.807) is 11.9 Å². The number of nitrogens with one attached hydrogen (secondary N) is 1. The highest BCUT2D eigenvalue weighted by atomic mass is 16.6. The second-order valence-electron chi connectivity index (χ2n) is 7.66. The van der Waals surface area contributed by atoms with Crippen LogP contribution in [0.3, 0.4) is 0 Å². The van der Waals surface area contributed by atoms with Crippen LogP contribution in [0.2, 0.25) is 0 Å². The lowest BCUT2D eigenvalue weighted by molar-refractivity contribution is -0.149. The summed E-state index contributed by atoms with van der Waals surface area (Å²) in [6.07, 6.45) is 3.48. The van der Waals surface area contributed by atoms with E-state index in [-0.39, 0.29) is 24.0 Å². The van der Waals surface area contributed by atoms with Crippen molar-refractivity contribution in [2.45, 2.75) is 78.0 Å². The molecule has 1 aliphatic carbocycles. The van der Waals surface area contributed by atoms with Crippen molar-refractivity contribution in [1.29, 1.82) is 0 Å². The number of nitrogens with zero attached hydrogens (tertiary/aromatic N) is 1. The number of hydrogen-bond donors (Lipinski definition) is 1. The number of likely N-dealkylation sites (N-methyl/N-ethyl adjacent to an activating group) is 1. The third kappa shape index (κ3) is 7.07. The summed E-state index contributed by atoms with van der Waals surface area (Å²) in [7, 11) is 1.75. The van der Waals surface area contributed by atoms with Crippen molar-refractivity contribution >= 4 is 12.1 Å². The molecule has 0 spiro atoms. The molecule has 140 valence electrons. The first kappa shape index (κ1) is 20.7. The zero-order chi connectivity index (χ0) is 18.3. The molecule has 0 radical (unpaired) electrons. The predicted molar refractivity (Wildman–Crippen MR) is 93.8 cm³/mol. The molecule has 6 heteroatoms. The molecule has 0 bridgehead atoms. The highest BCUT2D eigenvalue weighted by molar-refractivity contribution is 5.72. The van der Waals surface area contributed by atoms with Gasteiger partial charge in [0.15, 0.2) is 0 Å². The van der Waals surface area contributed by atoms with Crippen molar-refractivity contribution in [3.8, 4) is 0 Å². The maximum Gasteiger partial charge on any atom is 0.410 e. The third-order valence-electron chi connectivity index (χ3n) is 4.34. The summed E-state index contributed by atoms with van der Waals surface area (Å²) in [6, 6.07) is 0.311. The van der Waals surface area contributed by atoms with Gasteiger partial charge in [-0.15, -0.1) is 0 Å². The van der Waals surface area contributed by atoms with E-state index in [0.717, 1.165) is 25.7 Å². The quantitative estimate of drug-likeness (QED) is 0.752.